The Kier molecular flexibility index (Phi) is 6.16. The second-order valence-electron chi connectivity index (χ2n) is 3.80. The fourth-order valence-corrected chi connectivity index (χ4v) is 3.20. The van der Waals surface area contributed by atoms with E-state index in [0.29, 0.717) is 6.54 Å². The third-order valence-corrected chi connectivity index (χ3v) is 4.38. The number of carbonyl (C=O) groups excluding carboxylic acids is 1. The van der Waals surface area contributed by atoms with Gasteiger partial charge in [0.1, 0.15) is 0 Å². The van der Waals surface area contributed by atoms with Gasteiger partial charge in [0.15, 0.2) is 0 Å². The summed E-state index contributed by atoms with van der Waals surface area (Å²) in [4.78, 5) is 14.8. The van der Waals surface area contributed by atoms with Crippen LogP contribution in [-0.4, -0.2) is 35.1 Å². The quantitative estimate of drug-likeness (QED) is 0.875. The molecule has 3 nitrogen and oxygen atoms in total. The van der Waals surface area contributed by atoms with Crippen LogP contribution in [-0.2, 0) is 0 Å². The van der Waals surface area contributed by atoms with Crippen molar-refractivity contribution < 1.29 is 9.90 Å². The van der Waals surface area contributed by atoms with Crippen LogP contribution in [0.4, 0.5) is 0 Å². The molecule has 0 radical (unpaired) electrons. The summed E-state index contributed by atoms with van der Waals surface area (Å²) in [6.45, 7) is 4.54. The van der Waals surface area contributed by atoms with Crippen LogP contribution in [0.25, 0.3) is 0 Å². The van der Waals surface area contributed by atoms with Gasteiger partial charge in [-0.1, -0.05) is 13.8 Å². The standard InChI is InChI=1S/C12H18BrNO2S/c1-3-9(4-2)14(7-8-15)12(16)10-5-6-11(13)17-10/h5-6,9,15H,3-4,7-8H2,1-2H3. The Hall–Kier alpha value is -0.390. The van der Waals surface area contributed by atoms with Crippen LogP contribution >= 0.6 is 27.3 Å². The van der Waals surface area contributed by atoms with Gasteiger partial charge in [-0.25, -0.2) is 0 Å². The summed E-state index contributed by atoms with van der Waals surface area (Å²) < 4.78 is 0.953. The number of halogens is 1. The molecule has 1 rings (SSSR count). The first-order valence-corrected chi connectivity index (χ1v) is 7.42. The summed E-state index contributed by atoms with van der Waals surface area (Å²) in [5.41, 5.74) is 0. The molecule has 0 spiro atoms. The number of hydrogen-bond acceptors (Lipinski definition) is 3. The van der Waals surface area contributed by atoms with Gasteiger partial charge in [0, 0.05) is 12.6 Å². The molecule has 0 aliphatic heterocycles. The van der Waals surface area contributed by atoms with Gasteiger partial charge in [-0.2, -0.15) is 0 Å². The predicted molar refractivity (Wildman–Crippen MR) is 74.5 cm³/mol. The molecule has 0 aliphatic rings. The van der Waals surface area contributed by atoms with E-state index < -0.39 is 0 Å². The highest BCUT2D eigenvalue weighted by molar-refractivity contribution is 9.11. The minimum absolute atomic E-state index is 0.00872. The number of thiophene rings is 1. The zero-order valence-corrected chi connectivity index (χ0v) is 12.6. The summed E-state index contributed by atoms with van der Waals surface area (Å²) in [7, 11) is 0. The number of amides is 1. The van der Waals surface area contributed by atoms with Crippen LogP contribution < -0.4 is 0 Å². The van der Waals surface area contributed by atoms with Crippen molar-refractivity contribution >= 4 is 33.2 Å². The van der Waals surface area contributed by atoms with Gasteiger partial charge in [-0.15, -0.1) is 11.3 Å². The Morgan fingerprint density at radius 2 is 2.12 bits per heavy atom. The van der Waals surface area contributed by atoms with Crippen molar-refractivity contribution in [1.29, 1.82) is 0 Å². The van der Waals surface area contributed by atoms with E-state index in [0.717, 1.165) is 21.5 Å². The molecule has 5 heteroatoms. The molecule has 0 saturated carbocycles. The summed E-state index contributed by atoms with van der Waals surface area (Å²) in [6.07, 6.45) is 1.82. The summed E-state index contributed by atoms with van der Waals surface area (Å²) in [5, 5.41) is 9.08. The van der Waals surface area contributed by atoms with Gasteiger partial charge in [0.2, 0.25) is 0 Å². The van der Waals surface area contributed by atoms with Crippen LogP contribution in [0.15, 0.2) is 15.9 Å². The van der Waals surface area contributed by atoms with Crippen LogP contribution in [0, 0.1) is 0 Å². The first kappa shape index (κ1) is 14.7. The van der Waals surface area contributed by atoms with Crippen molar-refractivity contribution in [2.75, 3.05) is 13.2 Å². The molecule has 1 aromatic heterocycles. The largest absolute Gasteiger partial charge is 0.395 e. The predicted octanol–water partition coefficient (Wildman–Crippen LogP) is 3.13. The minimum Gasteiger partial charge on any atom is -0.395 e. The minimum atomic E-state index is 0.00872. The molecule has 0 atom stereocenters. The topological polar surface area (TPSA) is 40.5 Å². The fourth-order valence-electron chi connectivity index (χ4n) is 1.86. The monoisotopic (exact) mass is 319 g/mol. The van der Waals surface area contributed by atoms with E-state index in [2.05, 4.69) is 29.8 Å². The van der Waals surface area contributed by atoms with Gasteiger partial charge >= 0.3 is 0 Å². The Bertz CT molecular complexity index is 363. The van der Waals surface area contributed by atoms with E-state index in [1.54, 1.807) is 4.90 Å². The van der Waals surface area contributed by atoms with Crippen molar-refractivity contribution in [3.05, 3.63) is 20.8 Å². The van der Waals surface area contributed by atoms with Crippen molar-refractivity contribution in [2.45, 2.75) is 32.7 Å². The van der Waals surface area contributed by atoms with E-state index in [1.165, 1.54) is 11.3 Å². The fraction of sp³-hybridized carbons (Fsp3) is 0.583. The van der Waals surface area contributed by atoms with Crippen molar-refractivity contribution in [3.63, 3.8) is 0 Å². The van der Waals surface area contributed by atoms with Crippen LogP contribution in [0.2, 0.25) is 0 Å². The third kappa shape index (κ3) is 3.79. The molecule has 0 bridgehead atoms. The van der Waals surface area contributed by atoms with Crippen molar-refractivity contribution in [1.82, 2.24) is 4.90 Å². The van der Waals surface area contributed by atoms with Gasteiger partial charge in [-0.05, 0) is 40.9 Å². The maximum Gasteiger partial charge on any atom is 0.264 e. The smallest absolute Gasteiger partial charge is 0.264 e. The third-order valence-electron chi connectivity index (χ3n) is 2.77. The molecular formula is C12H18BrNO2S. The maximum absolute atomic E-state index is 12.3. The van der Waals surface area contributed by atoms with Gasteiger partial charge < -0.3 is 10.0 Å². The van der Waals surface area contributed by atoms with Crippen molar-refractivity contribution in [3.8, 4) is 0 Å². The number of carbonyl (C=O) groups is 1. The molecule has 0 fully saturated rings. The molecule has 0 saturated heterocycles. The molecular weight excluding hydrogens is 302 g/mol. The summed E-state index contributed by atoms with van der Waals surface area (Å²) in [6, 6.07) is 3.90. The van der Waals surface area contributed by atoms with E-state index in [9.17, 15) is 4.79 Å². The zero-order valence-electron chi connectivity index (χ0n) is 10.1. The SMILES string of the molecule is CCC(CC)N(CCO)C(=O)c1ccc(Br)s1. The highest BCUT2D eigenvalue weighted by Gasteiger charge is 2.22. The Balaban J connectivity index is 2.86. The number of rotatable bonds is 6. The Morgan fingerprint density at radius 3 is 2.53 bits per heavy atom. The molecule has 0 unspecified atom stereocenters. The highest BCUT2D eigenvalue weighted by Crippen LogP contribution is 2.24. The second-order valence-corrected chi connectivity index (χ2v) is 6.26. The van der Waals surface area contributed by atoms with Crippen LogP contribution in [0.1, 0.15) is 36.4 Å². The van der Waals surface area contributed by atoms with Gasteiger partial charge in [0.05, 0.1) is 15.3 Å². The zero-order chi connectivity index (χ0) is 12.8. The lowest BCUT2D eigenvalue weighted by atomic mass is 10.1. The van der Waals surface area contributed by atoms with Crippen LogP contribution in [0.5, 0.6) is 0 Å². The Morgan fingerprint density at radius 1 is 1.47 bits per heavy atom. The van der Waals surface area contributed by atoms with E-state index in [-0.39, 0.29) is 18.6 Å². The lowest BCUT2D eigenvalue weighted by Gasteiger charge is -2.29. The molecule has 1 heterocycles. The number of nitrogens with zero attached hydrogens (tertiary/aromatic N) is 1. The Labute approximate surface area is 115 Å². The van der Waals surface area contributed by atoms with Gasteiger partial charge in [0.25, 0.3) is 5.91 Å². The number of aliphatic hydroxyl groups excluding tert-OH is 1. The molecule has 1 aromatic rings. The highest BCUT2D eigenvalue weighted by atomic mass is 79.9. The normalized spacial score (nSPS) is 10.9. The first-order chi connectivity index (χ1) is 8.13. The molecule has 17 heavy (non-hydrogen) atoms. The van der Waals surface area contributed by atoms with Crippen molar-refractivity contribution in [2.24, 2.45) is 0 Å². The number of aliphatic hydroxyl groups is 1. The van der Waals surface area contributed by atoms with E-state index in [1.807, 2.05) is 12.1 Å². The van der Waals surface area contributed by atoms with E-state index >= 15 is 0 Å². The lowest BCUT2D eigenvalue weighted by Crippen LogP contribution is -2.41. The average molecular weight is 320 g/mol. The van der Waals surface area contributed by atoms with Gasteiger partial charge in [-0.3, -0.25) is 4.79 Å². The summed E-state index contributed by atoms with van der Waals surface area (Å²) >= 11 is 4.79. The molecule has 1 amide bonds. The maximum atomic E-state index is 12.3. The van der Waals surface area contributed by atoms with Crippen LogP contribution in [0.3, 0.4) is 0 Å². The average Bonchev–Trinajstić information content (AvgIpc) is 2.75. The molecule has 0 aromatic carbocycles. The molecule has 96 valence electrons. The number of hydrogen-bond donors (Lipinski definition) is 1. The second kappa shape index (κ2) is 7.13. The summed E-state index contributed by atoms with van der Waals surface area (Å²) in [5.74, 6) is 0.0171. The molecule has 1 N–H and O–H groups in total. The van der Waals surface area contributed by atoms with E-state index in [4.69, 9.17) is 5.11 Å². The molecule has 0 aliphatic carbocycles. The first-order valence-electron chi connectivity index (χ1n) is 5.81. The lowest BCUT2D eigenvalue weighted by molar-refractivity contribution is 0.0627.